The van der Waals surface area contributed by atoms with Crippen molar-refractivity contribution >= 4 is 19.9 Å². The molecule has 1 fully saturated rings. The van der Waals surface area contributed by atoms with Gasteiger partial charge in [-0.15, -0.1) is 0 Å². The Morgan fingerprint density at radius 3 is 2.48 bits per heavy atom. The minimum Gasteiger partial charge on any atom is -0.497 e. The standard InChI is InChI=1S/C12H17NO6S2/c1-18-10-3-4-12(11(7-10)19-2)21(16,17)13-9-5-6-20(14,15)8-9/h3-4,7,9,13H,5-6,8H2,1-2H3/t9-/m1/s1. The third kappa shape index (κ3) is 3.66. The van der Waals surface area contributed by atoms with Gasteiger partial charge in [0.15, 0.2) is 9.84 Å². The Balaban J connectivity index is 2.28. The van der Waals surface area contributed by atoms with Crippen molar-refractivity contribution < 1.29 is 26.3 Å². The lowest BCUT2D eigenvalue weighted by atomic mass is 10.3. The fourth-order valence-corrected chi connectivity index (χ4v) is 5.37. The summed E-state index contributed by atoms with van der Waals surface area (Å²) in [5.41, 5.74) is 0. The van der Waals surface area contributed by atoms with Crippen molar-refractivity contribution in [1.82, 2.24) is 4.72 Å². The highest BCUT2D eigenvalue weighted by molar-refractivity contribution is 7.92. The number of methoxy groups -OCH3 is 2. The van der Waals surface area contributed by atoms with E-state index in [2.05, 4.69) is 4.72 Å². The molecule has 1 N–H and O–H groups in total. The van der Waals surface area contributed by atoms with E-state index in [-0.39, 0.29) is 28.6 Å². The lowest BCUT2D eigenvalue weighted by Crippen LogP contribution is -2.35. The molecular weight excluding hydrogens is 318 g/mol. The number of hydrogen-bond acceptors (Lipinski definition) is 6. The number of sulfonamides is 1. The number of rotatable bonds is 5. The fraction of sp³-hybridized carbons (Fsp3) is 0.500. The maximum absolute atomic E-state index is 12.4. The number of hydrogen-bond donors (Lipinski definition) is 1. The Kier molecular flexibility index (Phi) is 4.45. The van der Waals surface area contributed by atoms with Crippen molar-refractivity contribution in [2.45, 2.75) is 17.4 Å². The molecule has 21 heavy (non-hydrogen) atoms. The van der Waals surface area contributed by atoms with Crippen LogP contribution in [0.15, 0.2) is 23.1 Å². The van der Waals surface area contributed by atoms with Gasteiger partial charge in [0, 0.05) is 12.1 Å². The van der Waals surface area contributed by atoms with Crippen LogP contribution in [0.3, 0.4) is 0 Å². The van der Waals surface area contributed by atoms with Crippen LogP contribution in [-0.2, 0) is 19.9 Å². The Morgan fingerprint density at radius 1 is 1.24 bits per heavy atom. The van der Waals surface area contributed by atoms with Gasteiger partial charge in [-0.1, -0.05) is 0 Å². The Morgan fingerprint density at radius 2 is 1.95 bits per heavy atom. The van der Waals surface area contributed by atoms with Gasteiger partial charge < -0.3 is 9.47 Å². The molecule has 0 saturated carbocycles. The van der Waals surface area contributed by atoms with Crippen molar-refractivity contribution in [1.29, 1.82) is 0 Å². The first-order chi connectivity index (χ1) is 9.77. The van der Waals surface area contributed by atoms with Crippen LogP contribution in [-0.4, -0.2) is 48.6 Å². The SMILES string of the molecule is COc1ccc(S(=O)(=O)N[C@@H]2CCS(=O)(=O)C2)c(OC)c1. The Labute approximate surface area is 124 Å². The van der Waals surface area contributed by atoms with E-state index >= 15 is 0 Å². The Hall–Kier alpha value is -1.32. The van der Waals surface area contributed by atoms with Crippen molar-refractivity contribution in [3.8, 4) is 11.5 Å². The summed E-state index contributed by atoms with van der Waals surface area (Å²) in [5, 5.41) is 0. The van der Waals surface area contributed by atoms with Gasteiger partial charge in [-0.2, -0.15) is 0 Å². The van der Waals surface area contributed by atoms with Gasteiger partial charge in [0.1, 0.15) is 16.4 Å². The highest BCUT2D eigenvalue weighted by Gasteiger charge is 2.32. The normalized spacial score (nSPS) is 21.1. The average molecular weight is 335 g/mol. The van der Waals surface area contributed by atoms with Crippen LogP contribution < -0.4 is 14.2 Å². The van der Waals surface area contributed by atoms with Crippen molar-refractivity contribution in [2.24, 2.45) is 0 Å². The summed E-state index contributed by atoms with van der Waals surface area (Å²) in [6.07, 6.45) is 0.278. The molecule has 1 saturated heterocycles. The quantitative estimate of drug-likeness (QED) is 0.823. The van der Waals surface area contributed by atoms with E-state index in [0.717, 1.165) is 0 Å². The summed E-state index contributed by atoms with van der Waals surface area (Å²) in [4.78, 5) is -0.0462. The summed E-state index contributed by atoms with van der Waals surface area (Å²) >= 11 is 0. The van der Waals surface area contributed by atoms with Crippen LogP contribution in [0.1, 0.15) is 6.42 Å². The molecule has 1 aliphatic heterocycles. The lowest BCUT2D eigenvalue weighted by Gasteiger charge is -2.14. The summed E-state index contributed by atoms with van der Waals surface area (Å²) in [6.45, 7) is 0. The number of sulfone groups is 1. The molecule has 0 unspecified atom stereocenters. The molecule has 0 aromatic heterocycles. The zero-order valence-electron chi connectivity index (χ0n) is 11.7. The second kappa shape index (κ2) is 5.82. The average Bonchev–Trinajstić information content (AvgIpc) is 2.76. The van der Waals surface area contributed by atoms with Gasteiger partial charge in [-0.25, -0.2) is 21.6 Å². The number of benzene rings is 1. The number of nitrogens with one attached hydrogen (secondary N) is 1. The molecule has 0 spiro atoms. The Bertz CT molecular complexity index is 726. The summed E-state index contributed by atoms with van der Waals surface area (Å²) in [5.74, 6) is 0.432. The highest BCUT2D eigenvalue weighted by atomic mass is 32.2. The van der Waals surface area contributed by atoms with Crippen molar-refractivity contribution in [2.75, 3.05) is 25.7 Å². The smallest absolute Gasteiger partial charge is 0.244 e. The molecule has 118 valence electrons. The summed E-state index contributed by atoms with van der Waals surface area (Å²) in [6, 6.07) is 3.72. The predicted molar refractivity (Wildman–Crippen MR) is 76.9 cm³/mol. The topological polar surface area (TPSA) is 98.8 Å². The molecule has 0 amide bonds. The van der Waals surface area contributed by atoms with Gasteiger partial charge in [0.25, 0.3) is 0 Å². The summed E-state index contributed by atoms with van der Waals surface area (Å²) < 4.78 is 60.0. The third-order valence-electron chi connectivity index (χ3n) is 3.21. The molecule has 1 atom stereocenters. The van der Waals surface area contributed by atoms with Crippen molar-refractivity contribution in [3.63, 3.8) is 0 Å². The van der Waals surface area contributed by atoms with Gasteiger partial charge >= 0.3 is 0 Å². The lowest BCUT2D eigenvalue weighted by molar-refractivity contribution is 0.385. The van der Waals surface area contributed by atoms with E-state index in [9.17, 15) is 16.8 Å². The molecule has 9 heteroatoms. The zero-order valence-corrected chi connectivity index (χ0v) is 13.3. The predicted octanol–water partition coefficient (Wildman–Crippen LogP) is 0.169. The second-order valence-electron chi connectivity index (χ2n) is 4.74. The van der Waals surface area contributed by atoms with Crippen LogP contribution in [0, 0.1) is 0 Å². The monoisotopic (exact) mass is 335 g/mol. The minimum atomic E-state index is -3.86. The van der Waals surface area contributed by atoms with E-state index in [0.29, 0.717) is 5.75 Å². The molecule has 0 bridgehead atoms. The van der Waals surface area contributed by atoms with E-state index in [1.54, 1.807) is 0 Å². The first-order valence-corrected chi connectivity index (χ1v) is 9.52. The molecule has 1 aromatic carbocycles. The largest absolute Gasteiger partial charge is 0.497 e. The maximum Gasteiger partial charge on any atom is 0.244 e. The molecule has 0 aliphatic carbocycles. The van der Waals surface area contributed by atoms with Crippen LogP contribution in [0.4, 0.5) is 0 Å². The first-order valence-electron chi connectivity index (χ1n) is 6.22. The van der Waals surface area contributed by atoms with E-state index in [1.165, 1.54) is 32.4 Å². The maximum atomic E-state index is 12.4. The van der Waals surface area contributed by atoms with Crippen LogP contribution >= 0.6 is 0 Å². The van der Waals surface area contributed by atoms with Crippen LogP contribution in [0.5, 0.6) is 11.5 Å². The first kappa shape index (κ1) is 16.1. The molecular formula is C12H17NO6S2. The zero-order chi connectivity index (χ0) is 15.7. The fourth-order valence-electron chi connectivity index (χ4n) is 2.17. The minimum absolute atomic E-state index is 0.0000653. The van der Waals surface area contributed by atoms with E-state index in [1.807, 2.05) is 0 Å². The van der Waals surface area contributed by atoms with E-state index in [4.69, 9.17) is 9.47 Å². The molecule has 1 heterocycles. The third-order valence-corrected chi connectivity index (χ3v) is 6.54. The van der Waals surface area contributed by atoms with Gasteiger partial charge in [-0.3, -0.25) is 0 Å². The molecule has 2 rings (SSSR count). The van der Waals surface area contributed by atoms with Crippen molar-refractivity contribution in [3.05, 3.63) is 18.2 Å². The molecule has 7 nitrogen and oxygen atoms in total. The summed E-state index contributed by atoms with van der Waals surface area (Å²) in [7, 11) is -4.19. The number of ether oxygens (including phenoxy) is 2. The molecule has 1 aliphatic rings. The molecule has 1 aromatic rings. The van der Waals surface area contributed by atoms with E-state index < -0.39 is 25.9 Å². The van der Waals surface area contributed by atoms with Crippen LogP contribution in [0.2, 0.25) is 0 Å². The van der Waals surface area contributed by atoms with Gasteiger partial charge in [0.05, 0.1) is 25.7 Å². The van der Waals surface area contributed by atoms with Gasteiger partial charge in [0.2, 0.25) is 10.0 Å². The molecule has 0 radical (unpaired) electrons. The van der Waals surface area contributed by atoms with Gasteiger partial charge in [-0.05, 0) is 18.6 Å². The van der Waals surface area contributed by atoms with Crippen LogP contribution in [0.25, 0.3) is 0 Å². The second-order valence-corrected chi connectivity index (χ2v) is 8.65. The highest BCUT2D eigenvalue weighted by Crippen LogP contribution is 2.28.